The second-order valence-electron chi connectivity index (χ2n) is 8.75. The van der Waals surface area contributed by atoms with Crippen LogP contribution in [-0.4, -0.2) is 45.3 Å². The first-order valence-electron chi connectivity index (χ1n) is 11.5. The van der Waals surface area contributed by atoms with Crippen molar-refractivity contribution >= 4 is 11.0 Å². The Morgan fingerprint density at radius 1 is 0.771 bits per heavy atom. The van der Waals surface area contributed by atoms with E-state index in [1.165, 1.54) is 24.3 Å². The summed E-state index contributed by atoms with van der Waals surface area (Å²) < 4.78 is 29.5. The van der Waals surface area contributed by atoms with Gasteiger partial charge in [-0.05, 0) is 86.7 Å². The lowest BCUT2D eigenvalue weighted by Crippen LogP contribution is -2.15. The third kappa shape index (κ3) is 4.81. The Balaban J connectivity index is 1.80. The molecular weight excluding hydrogens is 444 g/mol. The number of rotatable bonds is 7. The molecular formula is C28H25F2N5. The average molecular weight is 470 g/mol. The molecule has 5 nitrogen and oxygen atoms in total. The fourth-order valence-electron chi connectivity index (χ4n) is 4.28. The number of aromatic nitrogens is 4. The number of hydrogen-bond acceptors (Lipinski definition) is 4. The van der Waals surface area contributed by atoms with E-state index in [1.54, 1.807) is 36.7 Å². The summed E-state index contributed by atoms with van der Waals surface area (Å²) in [6.07, 6.45) is 6.41. The Morgan fingerprint density at radius 3 is 2.00 bits per heavy atom. The van der Waals surface area contributed by atoms with Crippen molar-refractivity contribution in [3.05, 3.63) is 90.9 Å². The molecule has 0 unspecified atom stereocenters. The van der Waals surface area contributed by atoms with Crippen molar-refractivity contribution in [3.63, 3.8) is 0 Å². The Bertz CT molecular complexity index is 1440. The van der Waals surface area contributed by atoms with Gasteiger partial charge in [-0.15, -0.1) is 0 Å². The maximum Gasteiger partial charge on any atom is 0.182 e. The summed E-state index contributed by atoms with van der Waals surface area (Å²) in [7, 11) is 4.09. The highest BCUT2D eigenvalue weighted by molar-refractivity contribution is 6.05. The van der Waals surface area contributed by atoms with Crippen molar-refractivity contribution in [2.45, 2.75) is 13.0 Å². The van der Waals surface area contributed by atoms with Gasteiger partial charge in [0.25, 0.3) is 0 Å². The van der Waals surface area contributed by atoms with Gasteiger partial charge in [0.2, 0.25) is 0 Å². The Hall–Kier alpha value is -3.97. The van der Waals surface area contributed by atoms with E-state index in [0.29, 0.717) is 11.3 Å². The van der Waals surface area contributed by atoms with Gasteiger partial charge in [-0.1, -0.05) is 12.1 Å². The normalized spacial score (nSPS) is 11.5. The monoisotopic (exact) mass is 469 g/mol. The SMILES string of the molecule is CN(C)CCCn1cc2c(-c3ccc(F)cc3)c(-c3ccncc3)c(-c3ccc(F)cc3)nc2n1. The molecule has 0 fully saturated rings. The highest BCUT2D eigenvalue weighted by atomic mass is 19.1. The molecule has 0 atom stereocenters. The van der Waals surface area contributed by atoms with Crippen molar-refractivity contribution in [3.8, 4) is 33.5 Å². The maximum absolute atomic E-state index is 13.9. The average Bonchev–Trinajstić information content (AvgIpc) is 3.27. The van der Waals surface area contributed by atoms with Gasteiger partial charge in [-0.2, -0.15) is 5.10 Å². The molecule has 3 aromatic heterocycles. The third-order valence-corrected chi connectivity index (χ3v) is 5.93. The van der Waals surface area contributed by atoms with Gasteiger partial charge >= 0.3 is 0 Å². The van der Waals surface area contributed by atoms with Crippen LogP contribution in [0.3, 0.4) is 0 Å². The molecule has 0 N–H and O–H groups in total. The Kier molecular flexibility index (Phi) is 6.33. The predicted octanol–water partition coefficient (Wildman–Crippen LogP) is 6.06. The summed E-state index contributed by atoms with van der Waals surface area (Å²) in [4.78, 5) is 11.3. The molecule has 3 heterocycles. The summed E-state index contributed by atoms with van der Waals surface area (Å²) in [5.41, 5.74) is 5.57. The molecule has 0 amide bonds. The van der Waals surface area contributed by atoms with E-state index >= 15 is 0 Å². The number of nitrogens with zero attached hydrogens (tertiary/aromatic N) is 5. The molecule has 7 heteroatoms. The van der Waals surface area contributed by atoms with Gasteiger partial charge in [0, 0.05) is 47.2 Å². The number of benzene rings is 2. The van der Waals surface area contributed by atoms with Crippen LogP contribution < -0.4 is 0 Å². The molecule has 35 heavy (non-hydrogen) atoms. The number of aryl methyl sites for hydroxylation is 1. The van der Waals surface area contributed by atoms with Gasteiger partial charge in [-0.3, -0.25) is 9.67 Å². The largest absolute Gasteiger partial charge is 0.309 e. The van der Waals surface area contributed by atoms with Crippen molar-refractivity contribution in [2.75, 3.05) is 20.6 Å². The molecule has 0 aliphatic carbocycles. The highest BCUT2D eigenvalue weighted by Crippen LogP contribution is 2.42. The maximum atomic E-state index is 13.9. The second kappa shape index (κ2) is 9.72. The predicted molar refractivity (Wildman–Crippen MR) is 135 cm³/mol. The van der Waals surface area contributed by atoms with E-state index < -0.39 is 0 Å². The number of pyridine rings is 2. The van der Waals surface area contributed by atoms with Crippen LogP contribution in [-0.2, 0) is 6.54 Å². The van der Waals surface area contributed by atoms with Gasteiger partial charge in [-0.25, -0.2) is 13.8 Å². The molecule has 5 rings (SSSR count). The molecule has 0 aliphatic rings. The number of fused-ring (bicyclic) bond motifs is 1. The van der Waals surface area contributed by atoms with Gasteiger partial charge in [0.05, 0.1) is 5.69 Å². The topological polar surface area (TPSA) is 46.8 Å². The van der Waals surface area contributed by atoms with Crippen molar-refractivity contribution in [2.24, 2.45) is 0 Å². The minimum Gasteiger partial charge on any atom is -0.309 e. The van der Waals surface area contributed by atoms with Gasteiger partial charge in [0.15, 0.2) is 5.65 Å². The quantitative estimate of drug-likeness (QED) is 0.291. The van der Waals surface area contributed by atoms with Crippen LogP contribution in [0.4, 0.5) is 8.78 Å². The first-order chi connectivity index (χ1) is 17.0. The second-order valence-corrected chi connectivity index (χ2v) is 8.75. The van der Waals surface area contributed by atoms with Crippen LogP contribution in [0, 0.1) is 11.6 Å². The Labute approximate surface area is 202 Å². The van der Waals surface area contributed by atoms with E-state index in [9.17, 15) is 8.78 Å². The van der Waals surface area contributed by atoms with Crippen LogP contribution in [0.5, 0.6) is 0 Å². The zero-order chi connectivity index (χ0) is 24.4. The summed E-state index contributed by atoms with van der Waals surface area (Å²) in [5.74, 6) is -0.619. The van der Waals surface area contributed by atoms with Crippen LogP contribution in [0.1, 0.15) is 6.42 Å². The number of halogens is 2. The molecule has 0 bridgehead atoms. The van der Waals surface area contributed by atoms with E-state index in [-0.39, 0.29) is 11.6 Å². The molecule has 5 aromatic rings. The molecule has 0 saturated heterocycles. The smallest absolute Gasteiger partial charge is 0.182 e. The van der Waals surface area contributed by atoms with E-state index in [2.05, 4.69) is 9.88 Å². The molecule has 0 spiro atoms. The zero-order valence-corrected chi connectivity index (χ0v) is 19.6. The minimum atomic E-state index is -0.316. The lowest BCUT2D eigenvalue weighted by molar-refractivity contribution is 0.381. The van der Waals surface area contributed by atoms with E-state index in [0.717, 1.165) is 52.7 Å². The molecule has 176 valence electrons. The molecule has 0 radical (unpaired) electrons. The molecule has 0 saturated carbocycles. The van der Waals surface area contributed by atoms with Crippen molar-refractivity contribution in [1.82, 2.24) is 24.6 Å². The van der Waals surface area contributed by atoms with Crippen LogP contribution >= 0.6 is 0 Å². The molecule has 0 aliphatic heterocycles. The lowest BCUT2D eigenvalue weighted by Gasteiger charge is -2.16. The third-order valence-electron chi connectivity index (χ3n) is 5.93. The van der Waals surface area contributed by atoms with Crippen LogP contribution in [0.25, 0.3) is 44.5 Å². The zero-order valence-electron chi connectivity index (χ0n) is 19.6. The van der Waals surface area contributed by atoms with Crippen LogP contribution in [0.15, 0.2) is 79.3 Å². The fraction of sp³-hybridized carbons (Fsp3) is 0.179. The fourth-order valence-corrected chi connectivity index (χ4v) is 4.28. The molecule has 2 aromatic carbocycles. The first-order valence-corrected chi connectivity index (χ1v) is 11.5. The van der Waals surface area contributed by atoms with E-state index in [1.807, 2.05) is 37.1 Å². The van der Waals surface area contributed by atoms with E-state index in [4.69, 9.17) is 10.1 Å². The van der Waals surface area contributed by atoms with Crippen molar-refractivity contribution < 1.29 is 8.78 Å². The first kappa shape index (κ1) is 22.8. The van der Waals surface area contributed by atoms with Crippen molar-refractivity contribution in [1.29, 1.82) is 0 Å². The minimum absolute atomic E-state index is 0.303. The summed E-state index contributed by atoms with van der Waals surface area (Å²) in [6.45, 7) is 1.69. The van der Waals surface area contributed by atoms with Crippen LogP contribution in [0.2, 0.25) is 0 Å². The Morgan fingerprint density at radius 2 is 1.37 bits per heavy atom. The summed E-state index contributed by atoms with van der Waals surface area (Å²) in [5, 5.41) is 5.65. The summed E-state index contributed by atoms with van der Waals surface area (Å²) in [6, 6.07) is 16.6. The lowest BCUT2D eigenvalue weighted by atomic mass is 9.90. The van der Waals surface area contributed by atoms with Gasteiger partial charge in [0.1, 0.15) is 11.6 Å². The highest BCUT2D eigenvalue weighted by Gasteiger charge is 2.22. The number of hydrogen-bond donors (Lipinski definition) is 0. The summed E-state index contributed by atoms with van der Waals surface area (Å²) >= 11 is 0. The van der Waals surface area contributed by atoms with Gasteiger partial charge < -0.3 is 4.90 Å². The standard InChI is InChI=1S/C28H25F2N5/c1-34(2)16-3-17-35-18-24-25(19-4-8-22(29)9-5-19)26(20-12-14-31-15-13-20)27(32-28(24)33-35)21-6-10-23(30)11-7-21/h4-15,18H,3,16-17H2,1-2H3.